The van der Waals surface area contributed by atoms with Gasteiger partial charge in [0.05, 0.1) is 17.1 Å². The van der Waals surface area contributed by atoms with Gasteiger partial charge < -0.3 is 15.1 Å². The van der Waals surface area contributed by atoms with Crippen LogP contribution in [-0.2, 0) is 4.79 Å². The summed E-state index contributed by atoms with van der Waals surface area (Å²) in [5.41, 5.74) is 5.17. The first-order chi connectivity index (χ1) is 17.1. The van der Waals surface area contributed by atoms with Crippen LogP contribution in [0.1, 0.15) is 6.42 Å². The van der Waals surface area contributed by atoms with Gasteiger partial charge in [-0.2, -0.15) is 5.10 Å². The molecule has 5 rings (SSSR count). The van der Waals surface area contributed by atoms with Gasteiger partial charge in [-0.1, -0.05) is 18.2 Å². The van der Waals surface area contributed by atoms with E-state index in [-0.39, 0.29) is 5.91 Å². The van der Waals surface area contributed by atoms with Crippen LogP contribution in [0.25, 0.3) is 28.3 Å². The minimum absolute atomic E-state index is 0.0409. The summed E-state index contributed by atoms with van der Waals surface area (Å²) in [6.45, 7) is 4.96. The van der Waals surface area contributed by atoms with Crippen molar-refractivity contribution in [3.8, 4) is 28.3 Å². The molecule has 3 aromatic heterocycles. The van der Waals surface area contributed by atoms with Crippen LogP contribution < -0.4 is 5.32 Å². The van der Waals surface area contributed by atoms with E-state index in [0.29, 0.717) is 6.42 Å². The zero-order valence-corrected chi connectivity index (χ0v) is 19.8. The summed E-state index contributed by atoms with van der Waals surface area (Å²) in [7, 11) is 2.14. The smallest absolute Gasteiger partial charge is 0.225 e. The summed E-state index contributed by atoms with van der Waals surface area (Å²) in [6.07, 6.45) is 5.96. The minimum Gasteiger partial charge on any atom is -0.326 e. The highest BCUT2D eigenvalue weighted by Crippen LogP contribution is 2.23. The van der Waals surface area contributed by atoms with Crippen LogP contribution in [0.15, 0.2) is 79.3 Å². The van der Waals surface area contributed by atoms with Gasteiger partial charge in [-0.25, -0.2) is 4.68 Å². The number of hydrogen-bond acceptors (Lipinski definition) is 6. The largest absolute Gasteiger partial charge is 0.326 e. The first-order valence-electron chi connectivity index (χ1n) is 11.9. The number of carbonyl (C=O) groups excluding carboxylic acids is 1. The van der Waals surface area contributed by atoms with E-state index < -0.39 is 0 Å². The first-order valence-corrected chi connectivity index (χ1v) is 11.9. The molecule has 0 bridgehead atoms. The molecule has 1 fully saturated rings. The maximum atomic E-state index is 12.4. The minimum atomic E-state index is 0.0409. The molecule has 4 heterocycles. The molecule has 1 aliphatic heterocycles. The molecule has 178 valence electrons. The number of pyridine rings is 2. The van der Waals surface area contributed by atoms with Crippen LogP contribution in [0, 0.1) is 0 Å². The number of nitrogens with zero attached hydrogens (tertiary/aromatic N) is 6. The molecule has 0 unspecified atom stereocenters. The number of anilines is 1. The number of piperazine rings is 1. The van der Waals surface area contributed by atoms with Gasteiger partial charge in [0.25, 0.3) is 0 Å². The maximum Gasteiger partial charge on any atom is 0.225 e. The Morgan fingerprint density at radius 2 is 1.69 bits per heavy atom. The predicted molar refractivity (Wildman–Crippen MR) is 137 cm³/mol. The number of rotatable bonds is 7. The van der Waals surface area contributed by atoms with E-state index in [1.165, 1.54) is 0 Å². The van der Waals surface area contributed by atoms with Gasteiger partial charge in [-0.05, 0) is 49.5 Å². The molecule has 0 radical (unpaired) electrons. The van der Waals surface area contributed by atoms with Crippen molar-refractivity contribution in [3.63, 3.8) is 0 Å². The average molecular weight is 468 g/mol. The van der Waals surface area contributed by atoms with Gasteiger partial charge in [0.1, 0.15) is 5.69 Å². The number of aromatic nitrogens is 4. The molecule has 1 amide bonds. The number of carbonyl (C=O) groups is 1. The molecule has 35 heavy (non-hydrogen) atoms. The summed E-state index contributed by atoms with van der Waals surface area (Å²) in [4.78, 5) is 26.0. The molecule has 0 aliphatic carbocycles. The quantitative estimate of drug-likeness (QED) is 0.448. The third-order valence-electron chi connectivity index (χ3n) is 6.24. The fraction of sp³-hybridized carbons (Fsp3) is 0.259. The van der Waals surface area contributed by atoms with Crippen molar-refractivity contribution in [3.05, 3.63) is 79.3 Å². The highest BCUT2D eigenvalue weighted by Gasteiger charge is 2.15. The number of hydrogen-bond donors (Lipinski definition) is 1. The number of amides is 1. The van der Waals surface area contributed by atoms with Crippen molar-refractivity contribution in [2.45, 2.75) is 6.42 Å². The van der Waals surface area contributed by atoms with Crippen molar-refractivity contribution in [2.24, 2.45) is 0 Å². The SMILES string of the molecule is CN1CCN(CCC(=O)Nc2ccc(-c3cc(-n4ccc(-c5ccccn5)n4)ccn3)cc2)CC1. The Kier molecular flexibility index (Phi) is 6.92. The number of likely N-dealkylation sites (N-methyl/N-ethyl adjacent to an activating group) is 1. The fourth-order valence-electron chi connectivity index (χ4n) is 4.12. The Hall–Kier alpha value is -3.88. The topological polar surface area (TPSA) is 79.2 Å². The van der Waals surface area contributed by atoms with Crippen LogP contribution in [0.2, 0.25) is 0 Å². The molecular formula is C27H29N7O. The third kappa shape index (κ3) is 5.79. The van der Waals surface area contributed by atoms with Crippen LogP contribution >= 0.6 is 0 Å². The highest BCUT2D eigenvalue weighted by molar-refractivity contribution is 5.91. The number of nitrogens with one attached hydrogen (secondary N) is 1. The van der Waals surface area contributed by atoms with E-state index in [1.807, 2.05) is 71.5 Å². The summed E-state index contributed by atoms with van der Waals surface area (Å²) >= 11 is 0. The molecule has 0 atom stereocenters. The Morgan fingerprint density at radius 1 is 0.886 bits per heavy atom. The molecule has 4 aromatic rings. The van der Waals surface area contributed by atoms with Crippen LogP contribution in [0.5, 0.6) is 0 Å². The van der Waals surface area contributed by atoms with Crippen molar-refractivity contribution >= 4 is 11.6 Å². The van der Waals surface area contributed by atoms with Crippen LogP contribution in [-0.4, -0.2) is 75.2 Å². The lowest BCUT2D eigenvalue weighted by molar-refractivity contribution is -0.116. The van der Waals surface area contributed by atoms with Crippen molar-refractivity contribution in [1.82, 2.24) is 29.5 Å². The second-order valence-electron chi connectivity index (χ2n) is 8.78. The summed E-state index contributed by atoms with van der Waals surface area (Å²) in [5, 5.41) is 7.67. The van der Waals surface area contributed by atoms with E-state index in [4.69, 9.17) is 0 Å². The highest BCUT2D eigenvalue weighted by atomic mass is 16.1. The Balaban J connectivity index is 1.21. The molecule has 1 N–H and O–H groups in total. The normalized spacial score (nSPS) is 14.7. The molecule has 1 aromatic carbocycles. The summed E-state index contributed by atoms with van der Waals surface area (Å²) in [6, 6.07) is 19.4. The van der Waals surface area contributed by atoms with E-state index in [2.05, 4.69) is 37.2 Å². The van der Waals surface area contributed by atoms with Gasteiger partial charge in [0, 0.05) is 69.0 Å². The monoisotopic (exact) mass is 467 g/mol. The van der Waals surface area contributed by atoms with E-state index >= 15 is 0 Å². The van der Waals surface area contributed by atoms with Crippen molar-refractivity contribution < 1.29 is 4.79 Å². The molecule has 8 heteroatoms. The molecule has 1 saturated heterocycles. The summed E-state index contributed by atoms with van der Waals surface area (Å²) < 4.78 is 1.82. The standard InChI is InChI=1S/C27H29N7O/c1-32-16-18-33(19-17-32)14-11-27(35)30-22-7-5-21(6-8-22)26-20-23(9-13-29-26)34-15-10-25(31-34)24-4-2-3-12-28-24/h2-10,12-13,15,20H,11,14,16-19H2,1H3,(H,30,35). The van der Waals surface area contributed by atoms with Crippen molar-refractivity contribution in [1.29, 1.82) is 0 Å². The molecular weight excluding hydrogens is 438 g/mol. The van der Waals surface area contributed by atoms with E-state index in [0.717, 1.165) is 66.7 Å². The van der Waals surface area contributed by atoms with Gasteiger partial charge in [-0.15, -0.1) is 0 Å². The first kappa shape index (κ1) is 22.9. The second-order valence-corrected chi connectivity index (χ2v) is 8.78. The zero-order valence-electron chi connectivity index (χ0n) is 19.8. The lowest BCUT2D eigenvalue weighted by Crippen LogP contribution is -2.45. The zero-order chi connectivity index (χ0) is 24.0. The molecule has 8 nitrogen and oxygen atoms in total. The Morgan fingerprint density at radius 3 is 2.46 bits per heavy atom. The van der Waals surface area contributed by atoms with Gasteiger partial charge in [-0.3, -0.25) is 14.8 Å². The van der Waals surface area contributed by atoms with E-state index in [9.17, 15) is 4.79 Å². The Bertz CT molecular complexity index is 1260. The van der Waals surface area contributed by atoms with Crippen LogP contribution in [0.3, 0.4) is 0 Å². The molecule has 0 spiro atoms. The number of benzene rings is 1. The predicted octanol–water partition coefficient (Wildman–Crippen LogP) is 3.57. The lowest BCUT2D eigenvalue weighted by Gasteiger charge is -2.32. The van der Waals surface area contributed by atoms with E-state index in [1.54, 1.807) is 12.4 Å². The van der Waals surface area contributed by atoms with Crippen molar-refractivity contribution in [2.75, 3.05) is 45.1 Å². The van der Waals surface area contributed by atoms with Crippen LogP contribution in [0.4, 0.5) is 5.69 Å². The Labute approximate surface area is 205 Å². The average Bonchev–Trinajstić information content (AvgIpc) is 3.40. The maximum absolute atomic E-state index is 12.4. The lowest BCUT2D eigenvalue weighted by atomic mass is 10.1. The molecule has 1 aliphatic rings. The second kappa shape index (κ2) is 10.6. The molecule has 0 saturated carbocycles. The van der Waals surface area contributed by atoms with Gasteiger partial charge in [0.2, 0.25) is 5.91 Å². The summed E-state index contributed by atoms with van der Waals surface area (Å²) in [5.74, 6) is 0.0409. The van der Waals surface area contributed by atoms with Gasteiger partial charge >= 0.3 is 0 Å². The fourth-order valence-corrected chi connectivity index (χ4v) is 4.12. The van der Waals surface area contributed by atoms with Gasteiger partial charge in [0.15, 0.2) is 0 Å². The third-order valence-corrected chi connectivity index (χ3v) is 6.24.